The molecule has 2 aliphatic carbocycles. The number of aliphatic carboxylic acids is 1. The van der Waals surface area contributed by atoms with Gasteiger partial charge in [0, 0.05) is 12.0 Å². The Morgan fingerprint density at radius 1 is 1.09 bits per heavy atom. The van der Waals surface area contributed by atoms with Crippen LogP contribution >= 0.6 is 0 Å². The second-order valence-corrected chi connectivity index (χ2v) is 10.2. The maximum absolute atomic E-state index is 13.2. The molecule has 0 saturated heterocycles. The third-order valence-corrected chi connectivity index (χ3v) is 7.72. The van der Waals surface area contributed by atoms with Gasteiger partial charge in [0.25, 0.3) is 0 Å². The molecule has 0 radical (unpaired) electrons. The number of amides is 2. The van der Waals surface area contributed by atoms with Crippen molar-refractivity contribution in [1.29, 1.82) is 0 Å². The van der Waals surface area contributed by atoms with Gasteiger partial charge >= 0.3 is 12.1 Å². The lowest BCUT2D eigenvalue weighted by atomic mass is 9.82. The van der Waals surface area contributed by atoms with Gasteiger partial charge in [-0.05, 0) is 55.4 Å². The smallest absolute Gasteiger partial charge is 0.407 e. The van der Waals surface area contributed by atoms with E-state index in [1.165, 1.54) is 6.92 Å². The minimum absolute atomic E-state index is 0.0447. The first kappa shape index (κ1) is 24.8. The zero-order chi connectivity index (χ0) is 25.2. The van der Waals surface area contributed by atoms with Crippen LogP contribution in [0.25, 0.3) is 11.1 Å². The molecule has 3 unspecified atom stereocenters. The standard InChI is InChI=1S/C28H34N2O5/c1-4-15-28(3,25(32)33)30-24(31)27(2)16-9-14-23(27)29-26(34)35-17-22-20-12-7-5-10-18(20)19-11-6-8-13-21(19)22/h5-8,10-13,22-23H,4,9,14-17H2,1-3H3,(H,29,34)(H,30,31)(H,32,33). The van der Waals surface area contributed by atoms with Gasteiger partial charge in [-0.2, -0.15) is 0 Å². The Morgan fingerprint density at radius 2 is 1.69 bits per heavy atom. The van der Waals surface area contributed by atoms with Crippen molar-refractivity contribution in [2.45, 2.75) is 70.4 Å². The molecule has 35 heavy (non-hydrogen) atoms. The number of fused-ring (bicyclic) bond motifs is 3. The zero-order valence-electron chi connectivity index (χ0n) is 20.6. The molecule has 1 saturated carbocycles. The summed E-state index contributed by atoms with van der Waals surface area (Å²) in [5.74, 6) is -1.45. The van der Waals surface area contributed by atoms with Gasteiger partial charge in [0.2, 0.25) is 5.91 Å². The Bertz CT molecular complexity index is 1090. The maximum atomic E-state index is 13.2. The molecule has 0 spiro atoms. The van der Waals surface area contributed by atoms with E-state index < -0.39 is 29.1 Å². The predicted octanol–water partition coefficient (Wildman–Crippen LogP) is 4.84. The Morgan fingerprint density at radius 3 is 2.26 bits per heavy atom. The van der Waals surface area contributed by atoms with Gasteiger partial charge in [-0.25, -0.2) is 9.59 Å². The number of carboxylic acids is 1. The molecule has 7 heteroatoms. The van der Waals surface area contributed by atoms with Gasteiger partial charge in [0.1, 0.15) is 12.1 Å². The fraction of sp³-hybridized carbons (Fsp3) is 0.464. The topological polar surface area (TPSA) is 105 Å². The number of alkyl carbamates (subject to hydrolysis) is 1. The van der Waals surface area contributed by atoms with Crippen molar-refractivity contribution in [3.8, 4) is 11.1 Å². The largest absolute Gasteiger partial charge is 0.480 e. The van der Waals surface area contributed by atoms with E-state index in [1.54, 1.807) is 6.92 Å². The third kappa shape index (κ3) is 4.64. The first-order chi connectivity index (χ1) is 16.7. The van der Waals surface area contributed by atoms with Crippen LogP contribution in [0.15, 0.2) is 48.5 Å². The van der Waals surface area contributed by atoms with Crippen LogP contribution in [-0.2, 0) is 14.3 Å². The molecule has 7 nitrogen and oxygen atoms in total. The molecule has 2 aromatic carbocycles. The Kier molecular flexibility index (Phi) is 6.88. The van der Waals surface area contributed by atoms with E-state index in [0.717, 1.165) is 28.7 Å². The highest BCUT2D eigenvalue weighted by molar-refractivity contribution is 5.90. The van der Waals surface area contributed by atoms with Gasteiger partial charge in [-0.1, -0.05) is 68.3 Å². The van der Waals surface area contributed by atoms with E-state index in [0.29, 0.717) is 25.7 Å². The number of carbonyl (C=O) groups excluding carboxylic acids is 2. The van der Waals surface area contributed by atoms with E-state index in [4.69, 9.17) is 4.74 Å². The van der Waals surface area contributed by atoms with Gasteiger partial charge in [-0.15, -0.1) is 0 Å². The summed E-state index contributed by atoms with van der Waals surface area (Å²) in [7, 11) is 0. The van der Waals surface area contributed by atoms with Crippen molar-refractivity contribution in [3.63, 3.8) is 0 Å². The monoisotopic (exact) mass is 478 g/mol. The van der Waals surface area contributed by atoms with Crippen molar-refractivity contribution < 1.29 is 24.2 Å². The number of benzene rings is 2. The molecule has 4 rings (SSSR count). The van der Waals surface area contributed by atoms with Gasteiger partial charge in [-0.3, -0.25) is 4.79 Å². The van der Waals surface area contributed by atoms with Crippen LogP contribution in [0.3, 0.4) is 0 Å². The van der Waals surface area contributed by atoms with Crippen LogP contribution < -0.4 is 10.6 Å². The van der Waals surface area contributed by atoms with E-state index in [2.05, 4.69) is 34.9 Å². The normalized spacial score (nSPS) is 22.5. The third-order valence-electron chi connectivity index (χ3n) is 7.72. The molecule has 2 aromatic rings. The van der Waals surface area contributed by atoms with Crippen molar-refractivity contribution >= 4 is 18.0 Å². The van der Waals surface area contributed by atoms with Crippen molar-refractivity contribution in [2.75, 3.05) is 6.61 Å². The first-order valence-corrected chi connectivity index (χ1v) is 12.4. The summed E-state index contributed by atoms with van der Waals surface area (Å²) in [4.78, 5) is 37.9. The van der Waals surface area contributed by atoms with Crippen LogP contribution in [0, 0.1) is 5.41 Å². The minimum Gasteiger partial charge on any atom is -0.480 e. The fourth-order valence-electron chi connectivity index (χ4n) is 5.57. The van der Waals surface area contributed by atoms with Crippen LogP contribution in [0.5, 0.6) is 0 Å². The van der Waals surface area contributed by atoms with Crippen molar-refractivity contribution in [1.82, 2.24) is 10.6 Å². The van der Waals surface area contributed by atoms with E-state index in [9.17, 15) is 19.5 Å². The Balaban J connectivity index is 1.42. The van der Waals surface area contributed by atoms with Gasteiger partial charge in [0.05, 0.1) is 5.41 Å². The lowest BCUT2D eigenvalue weighted by Crippen LogP contribution is -2.59. The Hall–Kier alpha value is -3.35. The number of carboxylic acid groups (broad SMARTS) is 1. The summed E-state index contributed by atoms with van der Waals surface area (Å²) in [6.45, 7) is 5.40. The molecule has 2 amide bonds. The summed E-state index contributed by atoms with van der Waals surface area (Å²) in [6, 6.07) is 15.9. The second-order valence-electron chi connectivity index (χ2n) is 10.2. The van der Waals surface area contributed by atoms with Crippen LogP contribution in [0.2, 0.25) is 0 Å². The number of nitrogens with one attached hydrogen (secondary N) is 2. The summed E-state index contributed by atoms with van der Waals surface area (Å²) >= 11 is 0. The average Bonchev–Trinajstić information content (AvgIpc) is 3.36. The van der Waals surface area contributed by atoms with Crippen molar-refractivity contribution in [2.24, 2.45) is 5.41 Å². The lowest BCUT2D eigenvalue weighted by Gasteiger charge is -2.35. The zero-order valence-corrected chi connectivity index (χ0v) is 20.6. The molecule has 0 bridgehead atoms. The summed E-state index contributed by atoms with van der Waals surface area (Å²) < 4.78 is 5.68. The molecule has 3 atom stereocenters. The SMILES string of the molecule is CCCC(C)(NC(=O)C1(C)CCCC1NC(=O)OCC1c2ccccc2-c2ccccc21)C(=O)O. The van der Waals surface area contributed by atoms with Crippen LogP contribution in [-0.4, -0.2) is 41.3 Å². The molecular formula is C28H34N2O5. The molecule has 1 fully saturated rings. The summed E-state index contributed by atoms with van der Waals surface area (Å²) in [5, 5.41) is 15.3. The van der Waals surface area contributed by atoms with Gasteiger partial charge in [0.15, 0.2) is 0 Å². The minimum atomic E-state index is -1.34. The molecule has 3 N–H and O–H groups in total. The number of hydrogen-bond acceptors (Lipinski definition) is 4. The molecule has 0 heterocycles. The highest BCUT2D eigenvalue weighted by atomic mass is 16.5. The van der Waals surface area contributed by atoms with E-state index in [1.807, 2.05) is 31.2 Å². The van der Waals surface area contributed by atoms with Crippen LogP contribution in [0.1, 0.15) is 69.9 Å². The first-order valence-electron chi connectivity index (χ1n) is 12.4. The highest BCUT2D eigenvalue weighted by Gasteiger charge is 2.48. The van der Waals surface area contributed by atoms with E-state index in [-0.39, 0.29) is 18.4 Å². The number of rotatable bonds is 8. The molecule has 186 valence electrons. The predicted molar refractivity (Wildman–Crippen MR) is 133 cm³/mol. The maximum Gasteiger partial charge on any atom is 0.407 e. The highest BCUT2D eigenvalue weighted by Crippen LogP contribution is 2.44. The number of carbonyl (C=O) groups is 3. The number of ether oxygens (including phenoxy) is 1. The molecule has 0 aromatic heterocycles. The van der Waals surface area contributed by atoms with Crippen molar-refractivity contribution in [3.05, 3.63) is 59.7 Å². The van der Waals surface area contributed by atoms with Gasteiger partial charge < -0.3 is 20.5 Å². The summed E-state index contributed by atoms with van der Waals surface area (Å²) in [5.41, 5.74) is 2.34. The summed E-state index contributed by atoms with van der Waals surface area (Å²) in [6.07, 6.45) is 2.35. The molecule has 2 aliphatic rings. The fourth-order valence-corrected chi connectivity index (χ4v) is 5.57. The van der Waals surface area contributed by atoms with Crippen LogP contribution in [0.4, 0.5) is 4.79 Å². The molecular weight excluding hydrogens is 444 g/mol. The van der Waals surface area contributed by atoms with E-state index >= 15 is 0 Å². The quantitative estimate of drug-likeness (QED) is 0.503. The second kappa shape index (κ2) is 9.72. The average molecular weight is 479 g/mol. The Labute approximate surface area is 206 Å². The lowest BCUT2D eigenvalue weighted by molar-refractivity contribution is -0.149. The molecule has 0 aliphatic heterocycles. The number of hydrogen-bond donors (Lipinski definition) is 3.